The predicted octanol–water partition coefficient (Wildman–Crippen LogP) is 1.71. The van der Waals surface area contributed by atoms with Gasteiger partial charge in [-0.3, -0.25) is 4.79 Å². The lowest BCUT2D eigenvalue weighted by atomic mass is 10.1. The summed E-state index contributed by atoms with van der Waals surface area (Å²) in [5, 5.41) is 0.342. The third kappa shape index (κ3) is 1.36. The molecule has 4 heteroatoms. The summed E-state index contributed by atoms with van der Waals surface area (Å²) in [6, 6.07) is 3.13. The number of carbonyl (C=O) groups is 1. The van der Waals surface area contributed by atoms with E-state index in [1.807, 2.05) is 0 Å². The minimum absolute atomic E-state index is 0.176. The molecular weight excluding hydrogens is 176 g/mol. The molecular formula is C8H9ClN2O. The molecule has 0 aliphatic rings. The van der Waals surface area contributed by atoms with Crippen LogP contribution >= 0.6 is 11.6 Å². The summed E-state index contributed by atoms with van der Waals surface area (Å²) in [5.74, 6) is -0.176. The van der Waals surface area contributed by atoms with E-state index >= 15 is 0 Å². The number of halogens is 1. The van der Waals surface area contributed by atoms with Crippen LogP contribution in [-0.2, 0) is 0 Å². The SMILES string of the molecule is CC(=O)c1c(Cl)ccc(N)c1N. The van der Waals surface area contributed by atoms with E-state index in [2.05, 4.69) is 0 Å². The highest BCUT2D eigenvalue weighted by Gasteiger charge is 2.11. The number of rotatable bonds is 1. The Balaban J connectivity index is 3.43. The van der Waals surface area contributed by atoms with E-state index in [4.69, 9.17) is 23.1 Å². The van der Waals surface area contributed by atoms with Crippen LogP contribution < -0.4 is 11.5 Å². The second kappa shape index (κ2) is 3.03. The second-order valence-electron chi connectivity index (χ2n) is 2.48. The molecule has 0 aliphatic carbocycles. The Morgan fingerprint density at radius 3 is 2.42 bits per heavy atom. The van der Waals surface area contributed by atoms with Gasteiger partial charge in [-0.15, -0.1) is 0 Å². The van der Waals surface area contributed by atoms with E-state index in [1.54, 1.807) is 12.1 Å². The molecule has 0 amide bonds. The Morgan fingerprint density at radius 1 is 1.42 bits per heavy atom. The van der Waals surface area contributed by atoms with Gasteiger partial charge in [0.05, 0.1) is 22.0 Å². The number of hydrogen-bond donors (Lipinski definition) is 2. The Bertz CT molecular complexity index is 336. The van der Waals surface area contributed by atoms with Crippen LogP contribution in [0.15, 0.2) is 12.1 Å². The first-order valence-electron chi connectivity index (χ1n) is 3.38. The molecule has 3 nitrogen and oxygen atoms in total. The first-order chi connectivity index (χ1) is 5.54. The van der Waals surface area contributed by atoms with E-state index in [1.165, 1.54) is 6.92 Å². The number of hydrogen-bond acceptors (Lipinski definition) is 3. The van der Waals surface area contributed by atoms with Gasteiger partial charge in [-0.25, -0.2) is 0 Å². The van der Waals surface area contributed by atoms with Gasteiger partial charge in [0.25, 0.3) is 0 Å². The lowest BCUT2D eigenvalue weighted by Gasteiger charge is -2.06. The maximum absolute atomic E-state index is 11.0. The molecule has 0 bridgehead atoms. The number of Topliss-reactive ketones (excluding diaryl/α,β-unsaturated/α-hetero) is 1. The van der Waals surface area contributed by atoms with E-state index in [-0.39, 0.29) is 11.5 Å². The largest absolute Gasteiger partial charge is 0.397 e. The first-order valence-corrected chi connectivity index (χ1v) is 3.76. The molecule has 1 rings (SSSR count). The minimum atomic E-state index is -0.176. The van der Waals surface area contributed by atoms with Crippen molar-refractivity contribution in [2.45, 2.75) is 6.92 Å². The molecule has 64 valence electrons. The van der Waals surface area contributed by atoms with Crippen LogP contribution in [0, 0.1) is 0 Å². The van der Waals surface area contributed by atoms with Gasteiger partial charge < -0.3 is 11.5 Å². The van der Waals surface area contributed by atoms with Gasteiger partial charge in [0.15, 0.2) is 5.78 Å². The molecule has 12 heavy (non-hydrogen) atoms. The van der Waals surface area contributed by atoms with E-state index in [0.717, 1.165) is 0 Å². The summed E-state index contributed by atoms with van der Waals surface area (Å²) in [7, 11) is 0. The Morgan fingerprint density at radius 2 is 2.00 bits per heavy atom. The van der Waals surface area contributed by atoms with Crippen molar-refractivity contribution in [1.82, 2.24) is 0 Å². The first kappa shape index (κ1) is 8.87. The summed E-state index contributed by atoms with van der Waals surface area (Å²) in [6.07, 6.45) is 0. The maximum atomic E-state index is 11.0. The highest BCUT2D eigenvalue weighted by Crippen LogP contribution is 2.27. The molecule has 0 heterocycles. The van der Waals surface area contributed by atoms with Gasteiger partial charge >= 0.3 is 0 Å². The van der Waals surface area contributed by atoms with Gasteiger partial charge in [0.1, 0.15) is 0 Å². The van der Waals surface area contributed by atoms with Crippen LogP contribution in [0.1, 0.15) is 17.3 Å². The molecule has 0 aromatic heterocycles. The molecule has 0 radical (unpaired) electrons. The average Bonchev–Trinajstić information content (AvgIpc) is 1.97. The molecule has 0 unspecified atom stereocenters. The fourth-order valence-corrected chi connectivity index (χ4v) is 1.26. The number of nitrogens with two attached hydrogens (primary N) is 2. The molecule has 1 aromatic rings. The fraction of sp³-hybridized carbons (Fsp3) is 0.125. The van der Waals surface area contributed by atoms with Gasteiger partial charge in [-0.2, -0.15) is 0 Å². The second-order valence-corrected chi connectivity index (χ2v) is 2.89. The van der Waals surface area contributed by atoms with Crippen LogP contribution in [-0.4, -0.2) is 5.78 Å². The molecule has 0 aliphatic heterocycles. The number of benzene rings is 1. The lowest BCUT2D eigenvalue weighted by molar-refractivity contribution is 0.101. The van der Waals surface area contributed by atoms with Gasteiger partial charge in [0, 0.05) is 0 Å². The molecule has 1 aromatic carbocycles. The zero-order valence-electron chi connectivity index (χ0n) is 6.60. The van der Waals surface area contributed by atoms with Crippen molar-refractivity contribution < 1.29 is 4.79 Å². The molecule has 0 fully saturated rings. The highest BCUT2D eigenvalue weighted by molar-refractivity contribution is 6.34. The van der Waals surface area contributed by atoms with Crippen LogP contribution in [0.5, 0.6) is 0 Å². The minimum Gasteiger partial charge on any atom is -0.397 e. The monoisotopic (exact) mass is 184 g/mol. The van der Waals surface area contributed by atoms with Gasteiger partial charge in [-0.05, 0) is 19.1 Å². The molecule has 4 N–H and O–H groups in total. The standard InChI is InChI=1S/C8H9ClN2O/c1-4(12)7-5(9)2-3-6(10)8(7)11/h2-3H,10-11H2,1H3. The predicted molar refractivity (Wildman–Crippen MR) is 50.3 cm³/mol. The van der Waals surface area contributed by atoms with E-state index in [0.29, 0.717) is 16.3 Å². The smallest absolute Gasteiger partial charge is 0.163 e. The fourth-order valence-electron chi connectivity index (χ4n) is 0.967. The maximum Gasteiger partial charge on any atom is 0.163 e. The molecule has 0 spiro atoms. The zero-order valence-corrected chi connectivity index (χ0v) is 7.35. The Labute approximate surface area is 75.3 Å². The summed E-state index contributed by atoms with van der Waals surface area (Å²) in [5.41, 5.74) is 12.0. The van der Waals surface area contributed by atoms with Crippen molar-refractivity contribution in [2.75, 3.05) is 11.5 Å². The van der Waals surface area contributed by atoms with Crippen LogP contribution in [0.25, 0.3) is 0 Å². The number of ketones is 1. The van der Waals surface area contributed by atoms with E-state index < -0.39 is 0 Å². The van der Waals surface area contributed by atoms with Crippen molar-refractivity contribution in [3.05, 3.63) is 22.7 Å². The normalized spacial score (nSPS) is 9.83. The van der Waals surface area contributed by atoms with Crippen LogP contribution in [0.4, 0.5) is 11.4 Å². The number of anilines is 2. The zero-order chi connectivity index (χ0) is 9.30. The average molecular weight is 185 g/mol. The molecule has 0 saturated carbocycles. The van der Waals surface area contributed by atoms with E-state index in [9.17, 15) is 4.79 Å². The summed E-state index contributed by atoms with van der Waals surface area (Å²) >= 11 is 5.74. The summed E-state index contributed by atoms with van der Waals surface area (Å²) in [4.78, 5) is 11.0. The van der Waals surface area contributed by atoms with Crippen molar-refractivity contribution in [2.24, 2.45) is 0 Å². The molecule has 0 atom stereocenters. The van der Waals surface area contributed by atoms with Crippen molar-refractivity contribution in [3.8, 4) is 0 Å². The lowest BCUT2D eigenvalue weighted by Crippen LogP contribution is -2.04. The highest BCUT2D eigenvalue weighted by atomic mass is 35.5. The Hall–Kier alpha value is -1.22. The third-order valence-electron chi connectivity index (χ3n) is 1.58. The topological polar surface area (TPSA) is 69.1 Å². The molecule has 0 saturated heterocycles. The van der Waals surface area contributed by atoms with Gasteiger partial charge in [-0.1, -0.05) is 11.6 Å². The van der Waals surface area contributed by atoms with Crippen molar-refractivity contribution in [1.29, 1.82) is 0 Å². The Kier molecular flexibility index (Phi) is 2.24. The summed E-state index contributed by atoms with van der Waals surface area (Å²) < 4.78 is 0. The quantitative estimate of drug-likeness (QED) is 0.516. The van der Waals surface area contributed by atoms with Crippen LogP contribution in [0.2, 0.25) is 5.02 Å². The van der Waals surface area contributed by atoms with Crippen molar-refractivity contribution in [3.63, 3.8) is 0 Å². The summed E-state index contributed by atoms with van der Waals surface area (Å²) in [6.45, 7) is 1.40. The van der Waals surface area contributed by atoms with Gasteiger partial charge in [0.2, 0.25) is 0 Å². The third-order valence-corrected chi connectivity index (χ3v) is 1.90. The number of nitrogen functional groups attached to an aromatic ring is 2. The number of carbonyl (C=O) groups excluding carboxylic acids is 1. The van der Waals surface area contributed by atoms with Crippen LogP contribution in [0.3, 0.4) is 0 Å². The van der Waals surface area contributed by atoms with Crippen molar-refractivity contribution >= 4 is 28.8 Å².